The molecule has 2 aromatic carbocycles. The van der Waals surface area contributed by atoms with Crippen molar-refractivity contribution < 1.29 is 34.1 Å². The SMILES string of the molecule is CC(O)(COc1ccc(C#N)cc1)C(=O)Nc1cccc(S(F)(F)(F)(F)F)c1. The van der Waals surface area contributed by atoms with Crippen LogP contribution in [0.3, 0.4) is 0 Å². The largest absolute Gasteiger partial charge is 0.490 e. The lowest BCUT2D eigenvalue weighted by Crippen LogP contribution is -2.45. The third-order valence-electron chi connectivity index (χ3n) is 3.53. The van der Waals surface area contributed by atoms with Crippen molar-refractivity contribution in [1.29, 1.82) is 5.26 Å². The molecule has 2 N–H and O–H groups in total. The number of anilines is 1. The summed E-state index contributed by atoms with van der Waals surface area (Å²) in [6, 6.07) is 9.60. The number of halogens is 5. The van der Waals surface area contributed by atoms with Crippen LogP contribution in [0.5, 0.6) is 5.75 Å². The summed E-state index contributed by atoms with van der Waals surface area (Å²) >= 11 is 0. The van der Waals surface area contributed by atoms with Crippen LogP contribution in [-0.2, 0) is 4.79 Å². The van der Waals surface area contributed by atoms with E-state index in [0.29, 0.717) is 11.6 Å². The van der Waals surface area contributed by atoms with Gasteiger partial charge < -0.3 is 15.2 Å². The standard InChI is InChI=1S/C17H15F5N2O3S/c1-17(26,11-27-14-7-5-12(10-23)6-8-14)16(25)24-13-3-2-4-15(9-13)28(18,19,20,21)22/h2-9,26H,11H2,1H3,(H,24,25). The number of carbonyl (C=O) groups excluding carboxylic acids is 1. The molecular weight excluding hydrogens is 407 g/mol. The van der Waals surface area contributed by atoms with Gasteiger partial charge in [-0.25, -0.2) is 0 Å². The van der Waals surface area contributed by atoms with Crippen molar-refractivity contribution >= 4 is 21.8 Å². The van der Waals surface area contributed by atoms with E-state index < -0.39 is 38.9 Å². The maximum Gasteiger partial charge on any atom is 0.310 e. The van der Waals surface area contributed by atoms with E-state index in [0.717, 1.165) is 13.0 Å². The molecule has 1 unspecified atom stereocenters. The third-order valence-corrected chi connectivity index (χ3v) is 4.67. The van der Waals surface area contributed by atoms with Gasteiger partial charge in [-0.3, -0.25) is 4.79 Å². The number of hydrogen-bond acceptors (Lipinski definition) is 4. The summed E-state index contributed by atoms with van der Waals surface area (Å²) < 4.78 is 69.5. The van der Waals surface area contributed by atoms with E-state index in [1.807, 2.05) is 11.4 Å². The average Bonchev–Trinajstić information content (AvgIpc) is 2.59. The molecule has 0 aliphatic heterocycles. The molecule has 0 heterocycles. The van der Waals surface area contributed by atoms with Gasteiger partial charge in [0.1, 0.15) is 17.3 Å². The summed E-state index contributed by atoms with van der Waals surface area (Å²) in [5.41, 5.74) is -2.38. The van der Waals surface area contributed by atoms with Crippen LogP contribution in [0.4, 0.5) is 25.1 Å². The number of aliphatic hydroxyl groups is 1. The van der Waals surface area contributed by atoms with E-state index in [2.05, 4.69) is 0 Å². The Kier molecular flexibility index (Phi) is 4.87. The summed E-state index contributed by atoms with van der Waals surface area (Å²) in [4.78, 5) is 9.97. The van der Waals surface area contributed by atoms with Crippen LogP contribution in [0.2, 0.25) is 0 Å². The van der Waals surface area contributed by atoms with Gasteiger partial charge in [-0.05, 0) is 49.4 Å². The minimum atomic E-state index is -9.90. The number of nitrogens with zero attached hydrogens (tertiary/aromatic N) is 1. The smallest absolute Gasteiger partial charge is 0.310 e. The topological polar surface area (TPSA) is 82.3 Å². The van der Waals surface area contributed by atoms with Gasteiger partial charge in [0, 0.05) is 5.69 Å². The van der Waals surface area contributed by atoms with Crippen molar-refractivity contribution in [1.82, 2.24) is 0 Å². The average molecular weight is 422 g/mol. The lowest BCUT2D eigenvalue weighted by atomic mass is 10.1. The number of hydrogen-bond donors (Lipinski definition) is 2. The minimum absolute atomic E-state index is 0.0943. The second-order valence-electron chi connectivity index (χ2n) is 6.15. The summed E-state index contributed by atoms with van der Waals surface area (Å²) in [5, 5.41) is 20.8. The van der Waals surface area contributed by atoms with Crippen LogP contribution in [-0.4, -0.2) is 23.2 Å². The molecule has 5 nitrogen and oxygen atoms in total. The van der Waals surface area contributed by atoms with Crippen LogP contribution in [0.25, 0.3) is 0 Å². The first kappa shape index (κ1) is 21.5. The van der Waals surface area contributed by atoms with Crippen molar-refractivity contribution in [3.8, 4) is 11.8 Å². The van der Waals surface area contributed by atoms with Crippen molar-refractivity contribution in [2.45, 2.75) is 17.4 Å². The number of benzene rings is 2. The lowest BCUT2D eigenvalue weighted by molar-refractivity contribution is -0.135. The maximum atomic E-state index is 12.9. The second kappa shape index (κ2) is 6.35. The maximum absolute atomic E-state index is 12.9. The predicted molar refractivity (Wildman–Crippen MR) is 93.7 cm³/mol. The molecular formula is C17H15F5N2O3S. The molecule has 0 saturated heterocycles. The van der Waals surface area contributed by atoms with E-state index in [1.54, 1.807) is 0 Å². The molecule has 0 aliphatic carbocycles. The van der Waals surface area contributed by atoms with Crippen LogP contribution in [0, 0.1) is 11.3 Å². The van der Waals surface area contributed by atoms with Gasteiger partial charge in [0.05, 0.1) is 11.6 Å². The second-order valence-corrected chi connectivity index (χ2v) is 8.56. The molecule has 0 aromatic heterocycles. The van der Waals surface area contributed by atoms with E-state index in [4.69, 9.17) is 10.00 Å². The van der Waals surface area contributed by atoms with E-state index in [-0.39, 0.29) is 17.9 Å². The number of nitriles is 1. The van der Waals surface area contributed by atoms with Crippen molar-refractivity contribution in [3.05, 3.63) is 54.1 Å². The summed E-state index contributed by atoms with van der Waals surface area (Å²) in [7, 11) is -9.90. The molecule has 2 rings (SSSR count). The Bertz CT molecular complexity index is 939. The van der Waals surface area contributed by atoms with Gasteiger partial charge in [-0.2, -0.15) is 5.26 Å². The highest BCUT2D eigenvalue weighted by atomic mass is 32.5. The number of nitrogens with one attached hydrogen (secondary N) is 1. The molecule has 1 amide bonds. The quantitative estimate of drug-likeness (QED) is 0.643. The first-order valence-electron chi connectivity index (χ1n) is 7.62. The zero-order valence-corrected chi connectivity index (χ0v) is 15.2. The predicted octanol–water partition coefficient (Wildman–Crippen LogP) is 4.98. The number of amides is 1. The molecule has 0 bridgehead atoms. The molecule has 0 aliphatic rings. The highest BCUT2D eigenvalue weighted by Gasteiger charge is 2.65. The Morgan fingerprint density at radius 2 is 1.79 bits per heavy atom. The fourth-order valence-corrected chi connectivity index (χ4v) is 2.68. The normalized spacial score (nSPS) is 16.1. The first-order chi connectivity index (χ1) is 12.6. The van der Waals surface area contributed by atoms with Gasteiger partial charge in [0.2, 0.25) is 0 Å². The van der Waals surface area contributed by atoms with Crippen molar-refractivity contribution in [2.75, 3.05) is 11.9 Å². The van der Waals surface area contributed by atoms with Crippen molar-refractivity contribution in [3.63, 3.8) is 0 Å². The molecule has 2 aromatic rings. The molecule has 11 heteroatoms. The molecule has 1 atom stereocenters. The van der Waals surface area contributed by atoms with Gasteiger partial charge in [0.15, 0.2) is 5.60 Å². The zero-order chi connectivity index (χ0) is 21.3. The van der Waals surface area contributed by atoms with Gasteiger partial charge >= 0.3 is 10.2 Å². The lowest BCUT2D eigenvalue weighted by Gasteiger charge is -2.40. The highest BCUT2D eigenvalue weighted by Crippen LogP contribution is 3.02. The number of carbonyl (C=O) groups is 1. The molecule has 0 radical (unpaired) electrons. The fraction of sp³-hybridized carbons (Fsp3) is 0.176. The van der Waals surface area contributed by atoms with E-state index >= 15 is 0 Å². The zero-order valence-electron chi connectivity index (χ0n) is 14.3. The van der Waals surface area contributed by atoms with Gasteiger partial charge in [-0.1, -0.05) is 25.5 Å². The van der Waals surface area contributed by atoms with E-state index in [9.17, 15) is 29.3 Å². The van der Waals surface area contributed by atoms with Crippen molar-refractivity contribution in [2.24, 2.45) is 0 Å². The Morgan fingerprint density at radius 1 is 1.18 bits per heavy atom. The summed E-state index contributed by atoms with van der Waals surface area (Å²) in [6.45, 7) is 0.465. The minimum Gasteiger partial charge on any atom is -0.490 e. The highest BCUT2D eigenvalue weighted by molar-refractivity contribution is 8.45. The summed E-state index contributed by atoms with van der Waals surface area (Å²) in [6.07, 6.45) is 0. The Hall–Kier alpha value is -2.84. The van der Waals surface area contributed by atoms with Crippen LogP contribution in [0.15, 0.2) is 53.4 Å². The molecule has 28 heavy (non-hydrogen) atoms. The fourth-order valence-electron chi connectivity index (χ4n) is 1.99. The Labute approximate surface area is 157 Å². The first-order valence-corrected chi connectivity index (χ1v) is 9.57. The van der Waals surface area contributed by atoms with Crippen LogP contribution >= 0.6 is 10.2 Å². The Morgan fingerprint density at radius 3 is 2.32 bits per heavy atom. The third kappa shape index (κ3) is 5.58. The van der Waals surface area contributed by atoms with Crippen LogP contribution < -0.4 is 10.1 Å². The molecule has 0 saturated carbocycles. The monoisotopic (exact) mass is 422 g/mol. The molecule has 0 fully saturated rings. The van der Waals surface area contributed by atoms with Gasteiger partial charge in [-0.15, -0.1) is 0 Å². The molecule has 0 spiro atoms. The van der Waals surface area contributed by atoms with Crippen LogP contribution in [0.1, 0.15) is 12.5 Å². The Balaban J connectivity index is 2.10. The summed E-state index contributed by atoms with van der Waals surface area (Å²) in [5.74, 6) is -0.921. The molecule has 152 valence electrons. The number of ether oxygens (including phenoxy) is 1. The van der Waals surface area contributed by atoms with E-state index in [1.165, 1.54) is 24.3 Å². The van der Waals surface area contributed by atoms with Gasteiger partial charge in [0.25, 0.3) is 5.91 Å². The number of rotatable bonds is 6.